The summed E-state index contributed by atoms with van der Waals surface area (Å²) in [6.07, 6.45) is 6.28. The van der Waals surface area contributed by atoms with Gasteiger partial charge in [0.2, 0.25) is 12.4 Å². The van der Waals surface area contributed by atoms with Gasteiger partial charge in [0.15, 0.2) is 0 Å². The summed E-state index contributed by atoms with van der Waals surface area (Å²) in [4.78, 5) is 3.85. The van der Waals surface area contributed by atoms with E-state index in [1.54, 1.807) is 42.9 Å². The molecule has 2 aromatic rings. The van der Waals surface area contributed by atoms with Gasteiger partial charge in [0.25, 0.3) is 0 Å². The minimum Gasteiger partial charge on any atom is -0.854 e. The number of hydrogen-bond acceptors (Lipinski definition) is 4. The van der Waals surface area contributed by atoms with Crippen molar-refractivity contribution in [3.05, 3.63) is 60.2 Å². The van der Waals surface area contributed by atoms with Crippen LogP contribution in [0.3, 0.4) is 0 Å². The Morgan fingerprint density at radius 3 is 3.00 bits per heavy atom. The molecular formula is C12H11N3O2. The average molecular weight is 229 g/mol. The van der Waals surface area contributed by atoms with Crippen molar-refractivity contribution < 1.29 is 14.9 Å². The maximum absolute atomic E-state index is 11.7. The van der Waals surface area contributed by atoms with Gasteiger partial charge >= 0.3 is 0 Å². The van der Waals surface area contributed by atoms with Crippen LogP contribution in [-0.4, -0.2) is 16.0 Å². The molecule has 5 nitrogen and oxygen atoms in total. The summed E-state index contributed by atoms with van der Waals surface area (Å²) in [5.74, 6) is -0.377. The van der Waals surface area contributed by atoms with Gasteiger partial charge in [0.05, 0.1) is 12.5 Å². The largest absolute Gasteiger partial charge is 0.854 e. The molecule has 1 N–H and O–H groups in total. The molecule has 0 aliphatic carbocycles. The van der Waals surface area contributed by atoms with Crippen molar-refractivity contribution in [1.82, 2.24) is 4.98 Å². The number of nitrogens with zero attached hydrogens (tertiary/aromatic N) is 3. The molecule has 0 aromatic carbocycles. The van der Waals surface area contributed by atoms with Crippen LogP contribution in [0.5, 0.6) is 0 Å². The van der Waals surface area contributed by atoms with Crippen molar-refractivity contribution >= 4 is 5.90 Å². The summed E-state index contributed by atoms with van der Waals surface area (Å²) in [6, 6.07) is 6.79. The summed E-state index contributed by atoms with van der Waals surface area (Å²) >= 11 is 0. The van der Waals surface area contributed by atoms with E-state index in [1.807, 2.05) is 0 Å². The molecule has 0 atom stereocenters. The van der Waals surface area contributed by atoms with Gasteiger partial charge < -0.3 is 10.2 Å². The minimum absolute atomic E-state index is 0.0859. The van der Waals surface area contributed by atoms with Crippen LogP contribution >= 0.6 is 0 Å². The maximum atomic E-state index is 11.7. The highest BCUT2D eigenvalue weighted by atomic mass is 16.3. The van der Waals surface area contributed by atoms with E-state index in [1.165, 1.54) is 10.9 Å². The van der Waals surface area contributed by atoms with Crippen molar-refractivity contribution in [3.8, 4) is 0 Å². The Balaban J connectivity index is 2.29. The van der Waals surface area contributed by atoms with Gasteiger partial charge in [-0.05, 0) is 17.2 Å². The SMILES string of the molecule is [O-]/C(=N\[n+]1cccc(CO)c1)c1cccnc1. The van der Waals surface area contributed by atoms with Crippen LogP contribution in [-0.2, 0) is 6.61 Å². The Labute approximate surface area is 98.3 Å². The lowest BCUT2D eigenvalue weighted by atomic mass is 10.3. The first kappa shape index (κ1) is 11.2. The Morgan fingerprint density at radius 2 is 2.29 bits per heavy atom. The molecule has 0 saturated carbocycles. The van der Waals surface area contributed by atoms with Gasteiger partial charge in [-0.3, -0.25) is 4.98 Å². The molecule has 0 aliphatic rings. The van der Waals surface area contributed by atoms with E-state index in [-0.39, 0.29) is 12.5 Å². The number of aliphatic hydroxyl groups excluding tert-OH is 1. The molecule has 17 heavy (non-hydrogen) atoms. The van der Waals surface area contributed by atoms with Crippen LogP contribution in [0.25, 0.3) is 0 Å². The summed E-state index contributed by atoms with van der Waals surface area (Å²) in [6.45, 7) is -0.0859. The normalized spacial score (nSPS) is 11.5. The highest BCUT2D eigenvalue weighted by molar-refractivity contribution is 5.89. The zero-order valence-corrected chi connectivity index (χ0v) is 9.02. The third-order valence-corrected chi connectivity index (χ3v) is 2.14. The van der Waals surface area contributed by atoms with Crippen molar-refractivity contribution in [1.29, 1.82) is 0 Å². The van der Waals surface area contributed by atoms with Gasteiger partial charge in [0.1, 0.15) is 0 Å². The lowest BCUT2D eigenvalue weighted by Gasteiger charge is -2.05. The van der Waals surface area contributed by atoms with E-state index in [9.17, 15) is 5.11 Å². The van der Waals surface area contributed by atoms with Gasteiger partial charge in [-0.1, -0.05) is 10.7 Å². The Kier molecular flexibility index (Phi) is 3.42. The van der Waals surface area contributed by atoms with Crippen LogP contribution in [0.4, 0.5) is 0 Å². The van der Waals surface area contributed by atoms with Crippen LogP contribution in [0.2, 0.25) is 0 Å². The molecule has 2 aromatic heterocycles. The van der Waals surface area contributed by atoms with Gasteiger partial charge in [-0.15, -0.1) is 0 Å². The molecule has 0 spiro atoms. The van der Waals surface area contributed by atoms with Crippen molar-refractivity contribution in [2.24, 2.45) is 5.10 Å². The Hall–Kier alpha value is -2.27. The monoisotopic (exact) mass is 229 g/mol. The Bertz CT molecular complexity index is 526. The summed E-state index contributed by atoms with van der Waals surface area (Å²) in [5, 5.41) is 24.6. The van der Waals surface area contributed by atoms with Crippen LogP contribution in [0.1, 0.15) is 11.1 Å². The van der Waals surface area contributed by atoms with E-state index < -0.39 is 0 Å². The fourth-order valence-electron chi connectivity index (χ4n) is 1.32. The molecule has 86 valence electrons. The van der Waals surface area contributed by atoms with Gasteiger partial charge in [0, 0.05) is 29.6 Å². The van der Waals surface area contributed by atoms with Crippen molar-refractivity contribution in [2.75, 3.05) is 0 Å². The van der Waals surface area contributed by atoms with Gasteiger partial charge in [-0.25, -0.2) is 0 Å². The maximum Gasteiger partial charge on any atom is 0.207 e. The van der Waals surface area contributed by atoms with E-state index in [0.717, 1.165) is 0 Å². The zero-order valence-electron chi connectivity index (χ0n) is 9.02. The third kappa shape index (κ3) is 2.85. The van der Waals surface area contributed by atoms with Gasteiger partial charge in [-0.2, -0.15) is 0 Å². The predicted molar refractivity (Wildman–Crippen MR) is 58.7 cm³/mol. The number of rotatable bonds is 3. The standard InChI is InChI=1S/C12H11N3O2/c16-9-10-3-2-6-15(8-10)14-12(17)11-4-1-5-13-7-11/h1-8,16H,9H2. The number of aliphatic hydroxyl groups is 1. The molecule has 0 unspecified atom stereocenters. The first-order valence-electron chi connectivity index (χ1n) is 5.07. The summed E-state index contributed by atoms with van der Waals surface area (Å²) in [5.41, 5.74) is 1.12. The fraction of sp³-hybridized carbons (Fsp3) is 0.0833. The molecule has 0 amide bonds. The van der Waals surface area contributed by atoms with E-state index in [0.29, 0.717) is 11.1 Å². The molecule has 2 heterocycles. The second kappa shape index (κ2) is 5.18. The van der Waals surface area contributed by atoms with E-state index in [2.05, 4.69) is 10.1 Å². The topological polar surface area (TPSA) is 72.4 Å². The van der Waals surface area contributed by atoms with Crippen LogP contribution in [0, 0.1) is 0 Å². The highest BCUT2D eigenvalue weighted by Crippen LogP contribution is 1.95. The zero-order chi connectivity index (χ0) is 12.1. The smallest absolute Gasteiger partial charge is 0.207 e. The fourth-order valence-corrected chi connectivity index (χ4v) is 1.32. The molecule has 0 fully saturated rings. The summed E-state index contributed by atoms with van der Waals surface area (Å²) < 4.78 is 1.38. The van der Waals surface area contributed by atoms with E-state index >= 15 is 0 Å². The average Bonchev–Trinajstić information content (AvgIpc) is 2.40. The first-order valence-corrected chi connectivity index (χ1v) is 5.07. The molecule has 0 bridgehead atoms. The predicted octanol–water partition coefficient (Wildman–Crippen LogP) is -0.568. The number of pyridine rings is 2. The minimum atomic E-state index is -0.377. The number of aromatic nitrogens is 2. The lowest BCUT2D eigenvalue weighted by Crippen LogP contribution is -2.33. The van der Waals surface area contributed by atoms with Crippen molar-refractivity contribution in [3.63, 3.8) is 0 Å². The molecule has 0 saturated heterocycles. The molecular weight excluding hydrogens is 218 g/mol. The second-order valence-electron chi connectivity index (χ2n) is 3.40. The quantitative estimate of drug-likeness (QED) is 0.435. The van der Waals surface area contributed by atoms with Crippen LogP contribution in [0.15, 0.2) is 54.2 Å². The van der Waals surface area contributed by atoms with Crippen molar-refractivity contribution in [2.45, 2.75) is 6.61 Å². The second-order valence-corrected chi connectivity index (χ2v) is 3.40. The summed E-state index contributed by atoms with van der Waals surface area (Å²) in [7, 11) is 0. The Morgan fingerprint density at radius 1 is 1.41 bits per heavy atom. The molecule has 5 heteroatoms. The molecule has 0 radical (unpaired) electrons. The lowest BCUT2D eigenvalue weighted by molar-refractivity contribution is -0.681. The molecule has 2 rings (SSSR count). The molecule has 0 aliphatic heterocycles. The van der Waals surface area contributed by atoms with Crippen LogP contribution < -0.4 is 9.78 Å². The first-order chi connectivity index (χ1) is 8.29. The number of hydrogen-bond donors (Lipinski definition) is 1. The van der Waals surface area contributed by atoms with E-state index in [4.69, 9.17) is 5.11 Å². The third-order valence-electron chi connectivity index (χ3n) is 2.14. The highest BCUT2D eigenvalue weighted by Gasteiger charge is 2.01.